The van der Waals surface area contributed by atoms with Crippen LogP contribution in [-0.4, -0.2) is 0 Å². The first-order chi connectivity index (χ1) is 25.6. The second kappa shape index (κ2) is 12.0. The molecule has 0 bridgehead atoms. The predicted octanol–water partition coefficient (Wildman–Crippen LogP) is 14.1. The molecule has 0 amide bonds. The lowest BCUT2D eigenvalue weighted by atomic mass is 9.74. The fourth-order valence-electron chi connectivity index (χ4n) is 9.16. The summed E-state index contributed by atoms with van der Waals surface area (Å²) in [6, 6.07) is 60.5. The molecular weight excluding hydrogens is 627 g/mol. The van der Waals surface area contributed by atoms with E-state index in [1.165, 1.54) is 77.1 Å². The summed E-state index contributed by atoms with van der Waals surface area (Å²) in [5.74, 6) is 0.745. The Hall–Kier alpha value is -6.18. The van der Waals surface area contributed by atoms with E-state index in [-0.39, 0.29) is 5.41 Å². The van der Waals surface area contributed by atoms with Crippen LogP contribution in [0.5, 0.6) is 0 Å². The molecule has 2 atom stereocenters. The highest BCUT2D eigenvalue weighted by Gasteiger charge is 2.46. The molecule has 0 N–H and O–H groups in total. The van der Waals surface area contributed by atoms with Crippen LogP contribution in [-0.2, 0) is 5.41 Å². The average molecular weight is 666 g/mol. The zero-order chi connectivity index (χ0) is 34.8. The van der Waals surface area contributed by atoms with Crippen LogP contribution in [0.2, 0.25) is 0 Å². The third-order valence-corrected chi connectivity index (χ3v) is 11.8. The minimum absolute atomic E-state index is 0.0280. The summed E-state index contributed by atoms with van der Waals surface area (Å²) in [6.45, 7) is 4.82. The van der Waals surface area contributed by atoms with Gasteiger partial charge in [0.25, 0.3) is 0 Å². The molecular formula is C51H39N. The Kier molecular flexibility index (Phi) is 7.05. The van der Waals surface area contributed by atoms with Gasteiger partial charge < -0.3 is 4.90 Å². The van der Waals surface area contributed by atoms with Gasteiger partial charge in [0, 0.05) is 17.2 Å². The third-order valence-electron chi connectivity index (χ3n) is 11.8. The van der Waals surface area contributed by atoms with E-state index in [1.54, 1.807) is 0 Å². The fraction of sp³-hybridized carbons (Fsp3) is 0.0980. The third kappa shape index (κ3) is 4.77. The van der Waals surface area contributed by atoms with E-state index < -0.39 is 0 Å². The standard InChI is InChI=1S/C51H39N/c1-51(2)46-19-10-8-18-45(46)50-47(51)20-12-22-49(50)52(48-21-11-9-17-42(48)35-13-4-3-5-14-35)39-28-23-34(24-29-39)37-26-30-41-38(33-37)27-32-43-40-16-7-6-15-36(40)25-31-44(41)43/h3-33,45-46H,1-2H3. The van der Waals surface area contributed by atoms with Crippen LogP contribution in [0.1, 0.15) is 30.9 Å². The molecule has 2 unspecified atom stereocenters. The summed E-state index contributed by atoms with van der Waals surface area (Å²) in [5, 5.41) is 7.74. The van der Waals surface area contributed by atoms with Gasteiger partial charge in [0.15, 0.2) is 0 Å². The summed E-state index contributed by atoms with van der Waals surface area (Å²) >= 11 is 0. The largest absolute Gasteiger partial charge is 0.310 e. The zero-order valence-corrected chi connectivity index (χ0v) is 29.5. The molecule has 0 radical (unpaired) electrons. The number of rotatable bonds is 5. The van der Waals surface area contributed by atoms with E-state index in [9.17, 15) is 0 Å². The van der Waals surface area contributed by atoms with E-state index in [0.717, 1.165) is 5.69 Å². The maximum absolute atomic E-state index is 2.51. The maximum atomic E-state index is 2.51. The Morgan fingerprint density at radius 3 is 1.96 bits per heavy atom. The Labute approximate surface area is 305 Å². The molecule has 0 aromatic heterocycles. The first-order valence-electron chi connectivity index (χ1n) is 18.4. The smallest absolute Gasteiger partial charge is 0.0540 e. The van der Waals surface area contributed by atoms with E-state index >= 15 is 0 Å². The van der Waals surface area contributed by atoms with Gasteiger partial charge in [-0.15, -0.1) is 0 Å². The first-order valence-corrected chi connectivity index (χ1v) is 18.4. The van der Waals surface area contributed by atoms with Crippen molar-refractivity contribution in [2.75, 3.05) is 4.90 Å². The SMILES string of the molecule is CC1(C)c2cccc(N(c3ccc(-c4ccc5c(ccc6c7ccccc7ccc56)c4)cc3)c3ccccc3-c3ccccc3)c2C2C=CC=CC21. The number of hydrogen-bond donors (Lipinski definition) is 0. The van der Waals surface area contributed by atoms with E-state index in [2.05, 4.69) is 207 Å². The molecule has 0 fully saturated rings. The summed E-state index contributed by atoms with van der Waals surface area (Å²) in [5.41, 5.74) is 11.3. The summed E-state index contributed by atoms with van der Waals surface area (Å²) in [7, 11) is 0. The van der Waals surface area contributed by atoms with Crippen molar-refractivity contribution >= 4 is 49.4 Å². The van der Waals surface area contributed by atoms with Crippen molar-refractivity contribution in [1.82, 2.24) is 0 Å². The van der Waals surface area contributed by atoms with Gasteiger partial charge in [-0.1, -0.05) is 172 Å². The minimum Gasteiger partial charge on any atom is -0.310 e. The number of benzene rings is 8. The van der Waals surface area contributed by atoms with E-state index in [0.29, 0.717) is 11.8 Å². The van der Waals surface area contributed by atoms with Gasteiger partial charge in [0.2, 0.25) is 0 Å². The topological polar surface area (TPSA) is 3.24 Å². The van der Waals surface area contributed by atoms with Crippen molar-refractivity contribution in [3.8, 4) is 22.3 Å². The fourth-order valence-corrected chi connectivity index (χ4v) is 9.16. The Bertz CT molecular complexity index is 2710. The van der Waals surface area contributed by atoms with Gasteiger partial charge in [-0.3, -0.25) is 0 Å². The normalized spacial score (nSPS) is 17.0. The molecule has 0 saturated carbocycles. The highest BCUT2D eigenvalue weighted by atomic mass is 15.1. The lowest BCUT2D eigenvalue weighted by Crippen LogP contribution is -2.24. The molecule has 10 rings (SSSR count). The molecule has 0 spiro atoms. The van der Waals surface area contributed by atoms with Crippen molar-refractivity contribution in [3.63, 3.8) is 0 Å². The van der Waals surface area contributed by atoms with E-state index in [4.69, 9.17) is 0 Å². The lowest BCUT2D eigenvalue weighted by molar-refractivity contribution is 0.394. The number of allylic oxidation sites excluding steroid dienone is 4. The Morgan fingerprint density at radius 2 is 1.12 bits per heavy atom. The molecule has 1 heteroatoms. The Morgan fingerprint density at radius 1 is 0.462 bits per heavy atom. The maximum Gasteiger partial charge on any atom is 0.0540 e. The highest BCUT2D eigenvalue weighted by molar-refractivity contribution is 6.17. The lowest BCUT2D eigenvalue weighted by Gasteiger charge is -2.31. The second-order valence-corrected chi connectivity index (χ2v) is 14.9. The van der Waals surface area contributed by atoms with Crippen molar-refractivity contribution in [2.45, 2.75) is 25.2 Å². The van der Waals surface area contributed by atoms with Crippen molar-refractivity contribution < 1.29 is 0 Å². The number of hydrogen-bond acceptors (Lipinski definition) is 1. The molecule has 8 aromatic carbocycles. The first kappa shape index (κ1) is 30.6. The molecule has 2 aliphatic carbocycles. The predicted molar refractivity (Wildman–Crippen MR) is 222 cm³/mol. The average Bonchev–Trinajstić information content (AvgIpc) is 3.44. The highest BCUT2D eigenvalue weighted by Crippen LogP contribution is 2.57. The molecule has 0 aliphatic heterocycles. The summed E-state index contributed by atoms with van der Waals surface area (Å²) in [4.78, 5) is 2.51. The quantitative estimate of drug-likeness (QED) is 0.165. The number of fused-ring (bicyclic) bond motifs is 8. The zero-order valence-electron chi connectivity index (χ0n) is 29.5. The second-order valence-electron chi connectivity index (χ2n) is 14.9. The molecule has 0 heterocycles. The minimum atomic E-state index is 0.0280. The van der Waals surface area contributed by atoms with Crippen LogP contribution in [0.15, 0.2) is 188 Å². The van der Waals surface area contributed by atoms with Gasteiger partial charge in [-0.25, -0.2) is 0 Å². The monoisotopic (exact) mass is 665 g/mol. The number of para-hydroxylation sites is 1. The number of nitrogens with zero attached hydrogens (tertiary/aromatic N) is 1. The van der Waals surface area contributed by atoms with E-state index in [1.807, 2.05) is 0 Å². The van der Waals surface area contributed by atoms with Crippen LogP contribution in [0.3, 0.4) is 0 Å². The van der Waals surface area contributed by atoms with Gasteiger partial charge >= 0.3 is 0 Å². The van der Waals surface area contributed by atoms with Gasteiger partial charge in [0.05, 0.1) is 11.4 Å². The molecule has 52 heavy (non-hydrogen) atoms. The van der Waals surface area contributed by atoms with Gasteiger partial charge in [0.1, 0.15) is 0 Å². The Balaban J connectivity index is 1.11. The van der Waals surface area contributed by atoms with Crippen molar-refractivity contribution in [1.29, 1.82) is 0 Å². The van der Waals surface area contributed by atoms with Gasteiger partial charge in [-0.2, -0.15) is 0 Å². The van der Waals surface area contributed by atoms with Crippen LogP contribution >= 0.6 is 0 Å². The molecule has 1 nitrogen and oxygen atoms in total. The molecule has 248 valence electrons. The molecule has 2 aliphatic rings. The number of anilines is 3. The van der Waals surface area contributed by atoms with Gasteiger partial charge in [-0.05, 0) is 102 Å². The van der Waals surface area contributed by atoms with Crippen molar-refractivity contribution in [3.05, 3.63) is 199 Å². The van der Waals surface area contributed by atoms with Crippen molar-refractivity contribution in [2.24, 2.45) is 5.92 Å². The molecule has 8 aromatic rings. The molecule has 0 saturated heterocycles. The van der Waals surface area contributed by atoms with Crippen LogP contribution in [0.4, 0.5) is 17.1 Å². The van der Waals surface area contributed by atoms with Crippen LogP contribution in [0.25, 0.3) is 54.6 Å². The summed E-state index contributed by atoms with van der Waals surface area (Å²) < 4.78 is 0. The summed E-state index contributed by atoms with van der Waals surface area (Å²) in [6.07, 6.45) is 9.29. The van der Waals surface area contributed by atoms with Crippen LogP contribution in [0, 0.1) is 5.92 Å². The van der Waals surface area contributed by atoms with Crippen LogP contribution < -0.4 is 4.90 Å².